The highest BCUT2D eigenvalue weighted by molar-refractivity contribution is 6.00. The maximum Gasteiger partial charge on any atom is 0.340 e. The third kappa shape index (κ3) is 3.72. The van der Waals surface area contributed by atoms with Gasteiger partial charge in [0.25, 0.3) is 5.91 Å². The van der Waals surface area contributed by atoms with E-state index in [0.29, 0.717) is 16.9 Å². The fourth-order valence-electron chi connectivity index (χ4n) is 2.95. The van der Waals surface area contributed by atoms with Gasteiger partial charge in [0, 0.05) is 11.1 Å². The van der Waals surface area contributed by atoms with Crippen molar-refractivity contribution in [1.82, 2.24) is 4.98 Å². The second-order valence-corrected chi connectivity index (χ2v) is 6.21. The van der Waals surface area contributed by atoms with E-state index < -0.39 is 5.97 Å². The number of ether oxygens (including phenoxy) is 1. The SMILES string of the molecule is Cc1cccc(NC(=O)COC(=O)c2c(C)nc3ccccc3c2C)c1. The molecule has 0 fully saturated rings. The van der Waals surface area contributed by atoms with Gasteiger partial charge in [-0.3, -0.25) is 9.78 Å². The molecule has 0 bridgehead atoms. The van der Waals surface area contributed by atoms with E-state index in [9.17, 15) is 9.59 Å². The van der Waals surface area contributed by atoms with Crippen molar-refractivity contribution in [1.29, 1.82) is 0 Å². The third-order valence-electron chi connectivity index (χ3n) is 4.17. The van der Waals surface area contributed by atoms with Crippen molar-refractivity contribution in [3.05, 3.63) is 70.9 Å². The number of esters is 1. The quantitative estimate of drug-likeness (QED) is 0.725. The molecule has 0 aliphatic rings. The molecule has 5 nitrogen and oxygen atoms in total. The van der Waals surface area contributed by atoms with Gasteiger partial charge in [0.05, 0.1) is 16.8 Å². The molecular formula is C21H20N2O3. The van der Waals surface area contributed by atoms with Crippen molar-refractivity contribution < 1.29 is 14.3 Å². The van der Waals surface area contributed by atoms with E-state index in [1.54, 1.807) is 13.0 Å². The molecule has 0 atom stereocenters. The minimum absolute atomic E-state index is 0.349. The Morgan fingerprint density at radius 3 is 2.58 bits per heavy atom. The molecule has 3 rings (SSSR count). The zero-order chi connectivity index (χ0) is 18.7. The van der Waals surface area contributed by atoms with Crippen molar-refractivity contribution in [3.63, 3.8) is 0 Å². The van der Waals surface area contributed by atoms with Gasteiger partial charge in [-0.05, 0) is 50.1 Å². The maximum absolute atomic E-state index is 12.5. The largest absolute Gasteiger partial charge is 0.452 e. The molecule has 0 spiro atoms. The number of hydrogen-bond donors (Lipinski definition) is 1. The van der Waals surface area contributed by atoms with E-state index in [1.807, 2.05) is 56.3 Å². The molecule has 132 valence electrons. The number of nitrogens with zero attached hydrogens (tertiary/aromatic N) is 1. The Kier molecular flexibility index (Phi) is 4.98. The minimum atomic E-state index is -0.544. The second-order valence-electron chi connectivity index (χ2n) is 6.21. The zero-order valence-electron chi connectivity index (χ0n) is 15.0. The molecule has 1 heterocycles. The summed E-state index contributed by atoms with van der Waals surface area (Å²) in [5.41, 5.74) is 4.34. The number of carbonyl (C=O) groups excluding carboxylic acids is 2. The molecule has 0 saturated heterocycles. The lowest BCUT2D eigenvalue weighted by atomic mass is 10.0. The van der Waals surface area contributed by atoms with Crippen LogP contribution in [0.25, 0.3) is 10.9 Å². The summed E-state index contributed by atoms with van der Waals surface area (Å²) in [4.78, 5) is 29.0. The van der Waals surface area contributed by atoms with Crippen LogP contribution in [0.4, 0.5) is 5.69 Å². The number of anilines is 1. The van der Waals surface area contributed by atoms with Crippen LogP contribution < -0.4 is 5.32 Å². The van der Waals surface area contributed by atoms with Crippen LogP contribution in [0.15, 0.2) is 48.5 Å². The average Bonchev–Trinajstić information content (AvgIpc) is 2.60. The van der Waals surface area contributed by atoms with Crippen LogP contribution in [0.5, 0.6) is 0 Å². The van der Waals surface area contributed by atoms with E-state index in [0.717, 1.165) is 22.0 Å². The number of hydrogen-bond acceptors (Lipinski definition) is 4. The van der Waals surface area contributed by atoms with Gasteiger partial charge in [0.1, 0.15) is 0 Å². The first-order chi connectivity index (χ1) is 12.5. The van der Waals surface area contributed by atoms with Crippen molar-refractivity contribution in [2.24, 2.45) is 0 Å². The van der Waals surface area contributed by atoms with Crippen LogP contribution in [0, 0.1) is 20.8 Å². The molecule has 0 aliphatic heterocycles. The second kappa shape index (κ2) is 7.35. The number of rotatable bonds is 4. The van der Waals surface area contributed by atoms with Gasteiger partial charge in [0.15, 0.2) is 6.61 Å². The Bertz CT molecular complexity index is 996. The first-order valence-electron chi connectivity index (χ1n) is 8.35. The third-order valence-corrected chi connectivity index (χ3v) is 4.17. The molecule has 0 unspecified atom stereocenters. The van der Waals surface area contributed by atoms with Gasteiger partial charge in [0.2, 0.25) is 0 Å². The Morgan fingerprint density at radius 1 is 1.04 bits per heavy atom. The van der Waals surface area contributed by atoms with Gasteiger partial charge >= 0.3 is 5.97 Å². The highest BCUT2D eigenvalue weighted by Gasteiger charge is 2.18. The Morgan fingerprint density at radius 2 is 1.81 bits per heavy atom. The molecule has 1 aromatic heterocycles. The van der Waals surface area contributed by atoms with Crippen LogP contribution >= 0.6 is 0 Å². The van der Waals surface area contributed by atoms with Crippen molar-refractivity contribution >= 4 is 28.5 Å². The topological polar surface area (TPSA) is 68.3 Å². The van der Waals surface area contributed by atoms with Crippen molar-refractivity contribution in [2.75, 3.05) is 11.9 Å². The van der Waals surface area contributed by atoms with Crippen molar-refractivity contribution in [2.45, 2.75) is 20.8 Å². The smallest absolute Gasteiger partial charge is 0.340 e. The van der Waals surface area contributed by atoms with E-state index in [1.165, 1.54) is 0 Å². The highest BCUT2D eigenvalue weighted by Crippen LogP contribution is 2.23. The Labute approximate surface area is 152 Å². The molecule has 1 N–H and O–H groups in total. The number of aromatic nitrogens is 1. The summed E-state index contributed by atoms with van der Waals surface area (Å²) in [5.74, 6) is -0.925. The molecule has 2 aromatic carbocycles. The number of para-hydroxylation sites is 1. The van der Waals surface area contributed by atoms with Crippen LogP contribution in [-0.4, -0.2) is 23.5 Å². The molecule has 3 aromatic rings. The van der Waals surface area contributed by atoms with Crippen LogP contribution in [-0.2, 0) is 9.53 Å². The summed E-state index contributed by atoms with van der Waals surface area (Å²) in [7, 11) is 0. The van der Waals surface area contributed by atoms with E-state index in [-0.39, 0.29) is 12.5 Å². The number of nitrogens with one attached hydrogen (secondary N) is 1. The summed E-state index contributed by atoms with van der Waals surface area (Å²) < 4.78 is 5.21. The predicted molar refractivity (Wildman–Crippen MR) is 101 cm³/mol. The zero-order valence-corrected chi connectivity index (χ0v) is 15.0. The minimum Gasteiger partial charge on any atom is -0.452 e. The highest BCUT2D eigenvalue weighted by atomic mass is 16.5. The normalized spacial score (nSPS) is 10.6. The van der Waals surface area contributed by atoms with Crippen LogP contribution in [0.3, 0.4) is 0 Å². The van der Waals surface area contributed by atoms with Gasteiger partial charge in [-0.25, -0.2) is 4.79 Å². The van der Waals surface area contributed by atoms with E-state index >= 15 is 0 Å². The van der Waals surface area contributed by atoms with Gasteiger partial charge in [-0.1, -0.05) is 30.3 Å². The lowest BCUT2D eigenvalue weighted by molar-refractivity contribution is -0.119. The van der Waals surface area contributed by atoms with Gasteiger partial charge in [-0.15, -0.1) is 0 Å². The molecule has 1 amide bonds. The number of benzene rings is 2. The first kappa shape index (κ1) is 17.6. The van der Waals surface area contributed by atoms with Crippen LogP contribution in [0.1, 0.15) is 27.2 Å². The maximum atomic E-state index is 12.5. The fraction of sp³-hybridized carbons (Fsp3) is 0.190. The number of amides is 1. The Hall–Kier alpha value is -3.21. The molecule has 0 aliphatic carbocycles. The molecule has 0 radical (unpaired) electrons. The van der Waals surface area contributed by atoms with Crippen LogP contribution in [0.2, 0.25) is 0 Å². The standard InChI is InChI=1S/C21H20N2O3/c1-13-7-6-8-16(11-13)23-19(24)12-26-21(25)20-14(2)17-9-4-5-10-18(17)22-15(20)3/h4-11H,12H2,1-3H3,(H,23,24). The molecule has 0 saturated carbocycles. The summed E-state index contributed by atoms with van der Waals surface area (Å²) in [6, 6.07) is 15.0. The molecular weight excluding hydrogens is 328 g/mol. The monoisotopic (exact) mass is 348 g/mol. The molecule has 26 heavy (non-hydrogen) atoms. The van der Waals surface area contributed by atoms with Gasteiger partial charge < -0.3 is 10.1 Å². The van der Waals surface area contributed by atoms with E-state index in [4.69, 9.17) is 4.74 Å². The number of carbonyl (C=O) groups is 2. The lowest BCUT2D eigenvalue weighted by Gasteiger charge is -2.12. The summed E-state index contributed by atoms with van der Waals surface area (Å²) in [5, 5.41) is 3.61. The Balaban J connectivity index is 1.72. The predicted octanol–water partition coefficient (Wildman–Crippen LogP) is 3.96. The van der Waals surface area contributed by atoms with Gasteiger partial charge in [-0.2, -0.15) is 0 Å². The fourth-order valence-corrected chi connectivity index (χ4v) is 2.95. The molecule has 5 heteroatoms. The summed E-state index contributed by atoms with van der Waals surface area (Å²) in [6.45, 7) is 5.22. The lowest BCUT2D eigenvalue weighted by Crippen LogP contribution is -2.22. The number of fused-ring (bicyclic) bond motifs is 1. The summed E-state index contributed by atoms with van der Waals surface area (Å²) >= 11 is 0. The average molecular weight is 348 g/mol. The number of pyridine rings is 1. The first-order valence-corrected chi connectivity index (χ1v) is 8.35. The van der Waals surface area contributed by atoms with E-state index in [2.05, 4.69) is 10.3 Å². The van der Waals surface area contributed by atoms with Crippen molar-refractivity contribution in [3.8, 4) is 0 Å². The number of aryl methyl sites for hydroxylation is 3. The summed E-state index contributed by atoms with van der Waals surface area (Å²) in [6.07, 6.45) is 0.